The summed E-state index contributed by atoms with van der Waals surface area (Å²) in [7, 11) is -2.01. The molecular weight excluding hydrogens is 609 g/mol. The van der Waals surface area contributed by atoms with Crippen molar-refractivity contribution in [2.24, 2.45) is 0 Å². The van der Waals surface area contributed by atoms with Crippen molar-refractivity contribution in [3.8, 4) is 5.75 Å². The van der Waals surface area contributed by atoms with Gasteiger partial charge < -0.3 is 26.0 Å². The van der Waals surface area contributed by atoms with E-state index in [0.29, 0.717) is 41.6 Å². The number of benzene rings is 3. The van der Waals surface area contributed by atoms with Gasteiger partial charge in [-0.25, -0.2) is 17.8 Å². The van der Waals surface area contributed by atoms with Crippen LogP contribution in [0.25, 0.3) is 10.8 Å². The number of anilines is 3. The summed E-state index contributed by atoms with van der Waals surface area (Å²) in [5, 5.41) is 6.17. The van der Waals surface area contributed by atoms with Gasteiger partial charge in [-0.05, 0) is 86.7 Å². The van der Waals surface area contributed by atoms with E-state index in [1.165, 1.54) is 11.0 Å². The van der Waals surface area contributed by atoms with Gasteiger partial charge in [0.15, 0.2) is 9.84 Å². The fourth-order valence-corrected chi connectivity index (χ4v) is 7.03. The largest absolute Gasteiger partial charge is 0.491 e. The van der Waals surface area contributed by atoms with Gasteiger partial charge in [0.2, 0.25) is 11.8 Å². The quantitative estimate of drug-likeness (QED) is 0.177. The van der Waals surface area contributed by atoms with Gasteiger partial charge in [0.25, 0.3) is 0 Å². The molecule has 0 bridgehead atoms. The number of para-hydroxylation sites is 1. The number of nitrogens with two attached hydrogens (primary N) is 1. The molecule has 1 fully saturated rings. The summed E-state index contributed by atoms with van der Waals surface area (Å²) in [6.07, 6.45) is 2.90. The second-order valence-electron chi connectivity index (χ2n) is 11.7. The highest BCUT2D eigenvalue weighted by atomic mass is 32.2. The Balaban J connectivity index is 1.27. The number of likely N-dealkylation sites (N-methyl/N-ethyl adjacent to an activating group) is 1. The van der Waals surface area contributed by atoms with Gasteiger partial charge in [-0.2, -0.15) is 0 Å². The lowest BCUT2D eigenvalue weighted by Gasteiger charge is -2.21. The minimum Gasteiger partial charge on any atom is -0.491 e. The predicted molar refractivity (Wildman–Crippen MR) is 177 cm³/mol. The van der Waals surface area contributed by atoms with E-state index in [9.17, 15) is 22.4 Å². The fraction of sp³-hybridized carbons (Fsp3) is 0.324. The van der Waals surface area contributed by atoms with E-state index in [4.69, 9.17) is 10.5 Å². The zero-order valence-corrected chi connectivity index (χ0v) is 26.9. The van der Waals surface area contributed by atoms with Gasteiger partial charge in [0.1, 0.15) is 17.4 Å². The van der Waals surface area contributed by atoms with Crippen LogP contribution < -0.4 is 21.1 Å². The number of amides is 2. The molecule has 3 aromatic carbocycles. The first-order chi connectivity index (χ1) is 21.9. The molecule has 0 aliphatic heterocycles. The first kappa shape index (κ1) is 32.7. The third kappa shape index (κ3) is 7.74. The number of nitrogen functional groups attached to an aromatic ring is 1. The highest BCUT2D eigenvalue weighted by molar-refractivity contribution is 7.92. The van der Waals surface area contributed by atoms with Gasteiger partial charge in [-0.3, -0.25) is 9.59 Å². The van der Waals surface area contributed by atoms with Crippen molar-refractivity contribution in [1.82, 2.24) is 9.88 Å². The molecule has 10 nitrogen and oxygen atoms in total. The van der Waals surface area contributed by atoms with Crippen LogP contribution in [-0.4, -0.2) is 55.1 Å². The lowest BCUT2D eigenvalue weighted by molar-refractivity contribution is -0.128. The van der Waals surface area contributed by atoms with Crippen LogP contribution >= 0.6 is 0 Å². The van der Waals surface area contributed by atoms with E-state index in [0.717, 1.165) is 17.5 Å². The van der Waals surface area contributed by atoms with Gasteiger partial charge in [-0.1, -0.05) is 18.2 Å². The molecule has 0 radical (unpaired) electrons. The number of ether oxygens (including phenoxy) is 1. The molecule has 0 saturated heterocycles. The van der Waals surface area contributed by atoms with Crippen molar-refractivity contribution in [2.45, 2.75) is 62.3 Å². The number of fused-ring (bicyclic) bond motifs is 1. The first-order valence-corrected chi connectivity index (χ1v) is 16.7. The normalized spacial score (nSPS) is 13.1. The lowest BCUT2D eigenvalue weighted by atomic mass is 10.1. The molecule has 0 atom stereocenters. The van der Waals surface area contributed by atoms with Crippen LogP contribution in [0.3, 0.4) is 0 Å². The van der Waals surface area contributed by atoms with Crippen LogP contribution in [0.2, 0.25) is 0 Å². The summed E-state index contributed by atoms with van der Waals surface area (Å²) in [6, 6.07) is 17.1. The number of nitrogens with zero attached hydrogens (tertiary/aromatic N) is 2. The number of hydrogen-bond acceptors (Lipinski definition) is 8. The molecule has 2 amide bonds. The third-order valence-corrected chi connectivity index (χ3v) is 10.1. The van der Waals surface area contributed by atoms with Crippen LogP contribution in [0.15, 0.2) is 71.8 Å². The summed E-state index contributed by atoms with van der Waals surface area (Å²) in [5.74, 6) is -0.144. The van der Waals surface area contributed by atoms with Crippen molar-refractivity contribution in [1.29, 1.82) is 0 Å². The maximum Gasteiger partial charge on any atom is 0.241 e. The maximum atomic E-state index is 14.3. The summed E-state index contributed by atoms with van der Waals surface area (Å²) in [5.41, 5.74) is 8.12. The average Bonchev–Trinajstić information content (AvgIpc) is 3.88. The molecule has 1 aromatic heterocycles. The Morgan fingerprint density at radius 1 is 1.04 bits per heavy atom. The topological polar surface area (TPSA) is 144 Å². The fourth-order valence-electron chi connectivity index (χ4n) is 5.16. The van der Waals surface area contributed by atoms with Crippen molar-refractivity contribution < 1.29 is 27.1 Å². The minimum atomic E-state index is -3.59. The van der Waals surface area contributed by atoms with E-state index >= 15 is 0 Å². The van der Waals surface area contributed by atoms with E-state index in [2.05, 4.69) is 15.6 Å². The molecule has 4 N–H and O–H groups in total. The van der Waals surface area contributed by atoms with Crippen molar-refractivity contribution in [3.63, 3.8) is 0 Å². The van der Waals surface area contributed by atoms with E-state index in [1.807, 2.05) is 38.1 Å². The second kappa shape index (κ2) is 13.7. The molecule has 1 aliphatic carbocycles. The Hall–Kier alpha value is -4.71. The molecule has 242 valence electrons. The number of aromatic nitrogens is 1. The summed E-state index contributed by atoms with van der Waals surface area (Å²) >= 11 is 0. The Labute approximate surface area is 268 Å². The van der Waals surface area contributed by atoms with Gasteiger partial charge in [0, 0.05) is 42.2 Å². The van der Waals surface area contributed by atoms with Gasteiger partial charge in [-0.15, -0.1) is 0 Å². The van der Waals surface area contributed by atoms with Crippen LogP contribution in [0.5, 0.6) is 5.75 Å². The molecule has 0 spiro atoms. The summed E-state index contributed by atoms with van der Waals surface area (Å²) < 4.78 is 46.7. The first-order valence-electron chi connectivity index (χ1n) is 15.1. The predicted octanol–water partition coefficient (Wildman–Crippen LogP) is 5.32. The van der Waals surface area contributed by atoms with E-state index in [-0.39, 0.29) is 53.5 Å². The number of pyridine rings is 1. The van der Waals surface area contributed by atoms with Crippen molar-refractivity contribution in [3.05, 3.63) is 83.8 Å². The molecule has 46 heavy (non-hydrogen) atoms. The standard InChI is InChI=1S/C34H38FN5O5S/c1-21(2)45-30-7-5-4-6-22(30)8-15-32(41)39-25-10-14-31(46(43,44)26-11-12-26)23(16-25)20-40(3)33(42)19-37-24-9-13-27-28(17-24)29(35)18-38-34(27)36/h4-7,9-10,13-14,16-18,21,26,37H,8,11-12,15,19-20H2,1-3H3,(H2,36,38)(H,39,41). The van der Waals surface area contributed by atoms with Crippen LogP contribution in [0, 0.1) is 5.82 Å². The number of carbonyl (C=O) groups is 2. The Kier molecular flexibility index (Phi) is 9.76. The van der Waals surface area contributed by atoms with Crippen LogP contribution in [0.4, 0.5) is 21.6 Å². The SMILES string of the molecule is CC(C)Oc1ccccc1CCC(=O)Nc1ccc(S(=O)(=O)C2CC2)c(CN(C)C(=O)CNc2ccc3c(N)ncc(F)c3c2)c1. The van der Waals surface area contributed by atoms with Gasteiger partial charge >= 0.3 is 0 Å². The second-order valence-corrected chi connectivity index (χ2v) is 13.9. The number of sulfone groups is 1. The van der Waals surface area contributed by atoms with Gasteiger partial charge in [0.05, 0.1) is 29.0 Å². The van der Waals surface area contributed by atoms with E-state index < -0.39 is 20.9 Å². The number of aryl methyl sites for hydroxylation is 1. The highest BCUT2D eigenvalue weighted by Crippen LogP contribution is 2.36. The Morgan fingerprint density at radius 3 is 2.52 bits per heavy atom. The summed E-state index contributed by atoms with van der Waals surface area (Å²) in [6.45, 7) is 3.77. The molecule has 5 rings (SSSR count). The Bertz CT molecular complexity index is 1880. The molecule has 12 heteroatoms. The van der Waals surface area contributed by atoms with Crippen molar-refractivity contribution in [2.75, 3.05) is 30.0 Å². The molecular formula is C34H38FN5O5S. The zero-order chi connectivity index (χ0) is 33.0. The summed E-state index contributed by atoms with van der Waals surface area (Å²) in [4.78, 5) is 31.4. The number of carbonyl (C=O) groups excluding carboxylic acids is 2. The smallest absolute Gasteiger partial charge is 0.241 e. The van der Waals surface area contributed by atoms with Crippen LogP contribution in [0.1, 0.15) is 44.2 Å². The minimum absolute atomic E-state index is 0.0000249. The monoisotopic (exact) mass is 647 g/mol. The molecule has 0 unspecified atom stereocenters. The van der Waals surface area contributed by atoms with Crippen LogP contribution in [-0.2, 0) is 32.4 Å². The van der Waals surface area contributed by atoms with Crippen molar-refractivity contribution >= 4 is 49.6 Å². The molecule has 1 aliphatic rings. The van der Waals surface area contributed by atoms with E-state index in [1.54, 1.807) is 37.4 Å². The number of halogens is 1. The zero-order valence-electron chi connectivity index (χ0n) is 26.0. The Morgan fingerprint density at radius 2 is 1.78 bits per heavy atom. The molecule has 1 heterocycles. The molecule has 4 aromatic rings. The highest BCUT2D eigenvalue weighted by Gasteiger charge is 2.38. The average molecular weight is 648 g/mol. The third-order valence-electron chi connectivity index (χ3n) is 7.72. The number of rotatable bonds is 13. The number of nitrogens with one attached hydrogen (secondary N) is 2. The lowest BCUT2D eigenvalue weighted by Crippen LogP contribution is -2.32. The molecule has 1 saturated carbocycles. The maximum absolute atomic E-state index is 14.3. The number of hydrogen-bond donors (Lipinski definition) is 3.